The smallest absolute Gasteiger partial charge is 0.0584 e. The van der Waals surface area contributed by atoms with Crippen LogP contribution in [0, 0.1) is 0 Å². The maximum absolute atomic E-state index is 5.93. The molecule has 88 valence electrons. The first-order valence-corrected chi connectivity index (χ1v) is 7.33. The van der Waals surface area contributed by atoms with Crippen LogP contribution in [0.5, 0.6) is 0 Å². The highest BCUT2D eigenvalue weighted by molar-refractivity contribution is 9.10. The molecule has 0 aliphatic carbocycles. The van der Waals surface area contributed by atoms with Gasteiger partial charge in [0.1, 0.15) is 0 Å². The van der Waals surface area contributed by atoms with Crippen LogP contribution in [0.4, 0.5) is 5.69 Å². The summed E-state index contributed by atoms with van der Waals surface area (Å²) >= 11 is 5.23. The summed E-state index contributed by atoms with van der Waals surface area (Å²) in [6.45, 7) is 0.940. The zero-order valence-corrected chi connectivity index (χ0v) is 11.5. The highest BCUT2D eigenvalue weighted by atomic mass is 79.9. The Balaban J connectivity index is 1.80. The molecule has 2 rings (SSSR count). The van der Waals surface area contributed by atoms with E-state index in [0.29, 0.717) is 6.10 Å². The molecule has 2 N–H and O–H groups in total. The minimum absolute atomic E-state index is 0.476. The van der Waals surface area contributed by atoms with Crippen molar-refractivity contribution in [1.29, 1.82) is 0 Å². The summed E-state index contributed by atoms with van der Waals surface area (Å²) < 4.78 is 6.62. The number of hydrogen-bond donors (Lipinski definition) is 1. The molecule has 0 radical (unpaired) electrons. The quantitative estimate of drug-likeness (QED) is 0.680. The van der Waals surface area contributed by atoms with Gasteiger partial charge < -0.3 is 10.5 Å². The van der Waals surface area contributed by atoms with Crippen molar-refractivity contribution >= 4 is 33.4 Å². The Morgan fingerprint density at radius 2 is 2.38 bits per heavy atom. The number of rotatable bonds is 4. The molecule has 2 nitrogen and oxygen atoms in total. The molecule has 1 aromatic carbocycles. The van der Waals surface area contributed by atoms with Crippen molar-refractivity contribution in [3.63, 3.8) is 0 Å². The molecule has 1 saturated heterocycles. The lowest BCUT2D eigenvalue weighted by Crippen LogP contribution is -2.05. The van der Waals surface area contributed by atoms with E-state index in [1.807, 2.05) is 23.9 Å². The van der Waals surface area contributed by atoms with E-state index in [4.69, 9.17) is 10.5 Å². The molecule has 4 heteroatoms. The number of nitrogens with two attached hydrogens (primary N) is 1. The first-order valence-electron chi connectivity index (χ1n) is 5.55. The van der Waals surface area contributed by atoms with E-state index < -0.39 is 0 Å². The third-order valence-electron chi connectivity index (χ3n) is 2.69. The summed E-state index contributed by atoms with van der Waals surface area (Å²) in [6, 6.07) is 6.05. The zero-order valence-electron chi connectivity index (χ0n) is 9.12. The van der Waals surface area contributed by atoms with Crippen molar-refractivity contribution in [3.05, 3.63) is 22.7 Å². The lowest BCUT2D eigenvalue weighted by molar-refractivity contribution is 0.109. The van der Waals surface area contributed by atoms with E-state index in [1.165, 1.54) is 17.7 Å². The van der Waals surface area contributed by atoms with Gasteiger partial charge in [-0.05, 0) is 37.5 Å². The van der Waals surface area contributed by atoms with Crippen LogP contribution in [-0.4, -0.2) is 18.5 Å². The lowest BCUT2D eigenvalue weighted by Gasteiger charge is -2.09. The highest BCUT2D eigenvalue weighted by Gasteiger charge is 2.14. The van der Waals surface area contributed by atoms with Crippen LogP contribution in [0.2, 0.25) is 0 Å². The van der Waals surface area contributed by atoms with Gasteiger partial charge in [0, 0.05) is 27.4 Å². The molecule has 1 aliphatic heterocycles. The molecule has 0 spiro atoms. The normalized spacial score (nSPS) is 20.2. The van der Waals surface area contributed by atoms with E-state index in [0.717, 1.165) is 28.9 Å². The molecule has 1 aromatic rings. The molecular weight excluding hydrogens is 286 g/mol. The fraction of sp³-hybridized carbons (Fsp3) is 0.500. The van der Waals surface area contributed by atoms with E-state index in [9.17, 15) is 0 Å². The molecule has 0 aromatic heterocycles. The number of anilines is 1. The Labute approximate surface area is 109 Å². The Morgan fingerprint density at radius 3 is 3.06 bits per heavy atom. The Kier molecular flexibility index (Phi) is 4.55. The summed E-state index contributed by atoms with van der Waals surface area (Å²) in [4.78, 5) is 1.17. The highest BCUT2D eigenvalue weighted by Crippen LogP contribution is 2.29. The van der Waals surface area contributed by atoms with Crippen LogP contribution in [0.25, 0.3) is 0 Å². The maximum atomic E-state index is 5.93. The van der Waals surface area contributed by atoms with Crippen molar-refractivity contribution in [3.8, 4) is 0 Å². The second kappa shape index (κ2) is 5.94. The van der Waals surface area contributed by atoms with Gasteiger partial charge in [-0.1, -0.05) is 15.9 Å². The fourth-order valence-corrected chi connectivity index (χ4v) is 3.19. The Hall–Kier alpha value is -0.190. The van der Waals surface area contributed by atoms with E-state index in [1.54, 1.807) is 0 Å². The van der Waals surface area contributed by atoms with Gasteiger partial charge in [0.05, 0.1) is 6.10 Å². The number of benzene rings is 1. The zero-order chi connectivity index (χ0) is 11.4. The lowest BCUT2D eigenvalue weighted by atomic mass is 10.2. The molecule has 0 bridgehead atoms. The topological polar surface area (TPSA) is 35.2 Å². The van der Waals surface area contributed by atoms with Crippen LogP contribution in [0.15, 0.2) is 27.6 Å². The maximum Gasteiger partial charge on any atom is 0.0584 e. The van der Waals surface area contributed by atoms with Gasteiger partial charge in [0.25, 0.3) is 0 Å². The number of halogens is 1. The number of thioether (sulfide) groups is 1. The van der Waals surface area contributed by atoms with Crippen LogP contribution in [0.3, 0.4) is 0 Å². The van der Waals surface area contributed by atoms with Gasteiger partial charge in [-0.3, -0.25) is 0 Å². The summed E-state index contributed by atoms with van der Waals surface area (Å²) in [5, 5.41) is 0. The summed E-state index contributed by atoms with van der Waals surface area (Å²) in [7, 11) is 0. The van der Waals surface area contributed by atoms with Gasteiger partial charge in [0.15, 0.2) is 0 Å². The number of ether oxygens (including phenoxy) is 1. The van der Waals surface area contributed by atoms with Crippen molar-refractivity contribution in [1.82, 2.24) is 0 Å². The SMILES string of the molecule is Nc1cc(Br)ccc1SCCC1CCCO1. The summed E-state index contributed by atoms with van der Waals surface area (Å²) in [5.74, 6) is 1.08. The molecule has 1 aliphatic rings. The average molecular weight is 302 g/mol. The third-order valence-corrected chi connectivity index (χ3v) is 4.31. The van der Waals surface area contributed by atoms with Crippen LogP contribution in [0.1, 0.15) is 19.3 Å². The van der Waals surface area contributed by atoms with Crippen molar-refractivity contribution in [2.24, 2.45) is 0 Å². The predicted octanol–water partition coefficient (Wildman–Crippen LogP) is 3.69. The second-order valence-corrected chi connectivity index (χ2v) is 6.01. The minimum atomic E-state index is 0.476. The molecule has 16 heavy (non-hydrogen) atoms. The fourth-order valence-electron chi connectivity index (χ4n) is 1.82. The van der Waals surface area contributed by atoms with Gasteiger partial charge in [-0.25, -0.2) is 0 Å². The van der Waals surface area contributed by atoms with Crippen LogP contribution < -0.4 is 5.73 Å². The van der Waals surface area contributed by atoms with Gasteiger partial charge >= 0.3 is 0 Å². The van der Waals surface area contributed by atoms with Crippen LogP contribution in [-0.2, 0) is 4.74 Å². The van der Waals surface area contributed by atoms with Crippen molar-refractivity contribution in [2.45, 2.75) is 30.3 Å². The summed E-state index contributed by atoms with van der Waals surface area (Å²) in [5.41, 5.74) is 6.79. The molecular formula is C12H16BrNOS. The predicted molar refractivity (Wildman–Crippen MR) is 72.9 cm³/mol. The standard InChI is InChI=1S/C12H16BrNOS/c13-9-3-4-12(11(14)8-9)16-7-5-10-2-1-6-15-10/h3-4,8,10H,1-2,5-7,14H2. The molecule has 1 fully saturated rings. The van der Waals surface area contributed by atoms with E-state index in [-0.39, 0.29) is 0 Å². The molecule has 1 unspecified atom stereocenters. The summed E-state index contributed by atoms with van der Waals surface area (Å²) in [6.07, 6.45) is 4.04. The first-order chi connectivity index (χ1) is 7.75. The number of nitrogen functional groups attached to an aromatic ring is 1. The van der Waals surface area contributed by atoms with Crippen molar-refractivity contribution < 1.29 is 4.74 Å². The molecule has 1 heterocycles. The largest absolute Gasteiger partial charge is 0.398 e. The Bertz CT molecular complexity index is 353. The van der Waals surface area contributed by atoms with Gasteiger partial charge in [0.2, 0.25) is 0 Å². The monoisotopic (exact) mass is 301 g/mol. The van der Waals surface area contributed by atoms with E-state index in [2.05, 4.69) is 22.0 Å². The Morgan fingerprint density at radius 1 is 1.50 bits per heavy atom. The minimum Gasteiger partial charge on any atom is -0.398 e. The average Bonchev–Trinajstić information content (AvgIpc) is 2.74. The second-order valence-electron chi connectivity index (χ2n) is 3.95. The van der Waals surface area contributed by atoms with Gasteiger partial charge in [-0.2, -0.15) is 0 Å². The first kappa shape index (κ1) is 12.3. The third kappa shape index (κ3) is 3.40. The molecule has 0 amide bonds. The van der Waals surface area contributed by atoms with E-state index >= 15 is 0 Å². The van der Waals surface area contributed by atoms with Crippen molar-refractivity contribution in [2.75, 3.05) is 18.1 Å². The molecule has 0 saturated carbocycles. The van der Waals surface area contributed by atoms with Crippen LogP contribution >= 0.6 is 27.7 Å². The molecule has 1 atom stereocenters. The van der Waals surface area contributed by atoms with Gasteiger partial charge in [-0.15, -0.1) is 11.8 Å². The number of hydrogen-bond acceptors (Lipinski definition) is 3.